The number of hydrogen-bond acceptors (Lipinski definition) is 2. The summed E-state index contributed by atoms with van der Waals surface area (Å²) in [6.45, 7) is 4.30. The number of carbonyl (C=O) groups is 1. The second-order valence-corrected chi connectivity index (χ2v) is 5.14. The van der Waals surface area contributed by atoms with Crippen LogP contribution in [0.5, 0.6) is 0 Å². The molecule has 1 saturated carbocycles. The molecule has 0 bridgehead atoms. The molecule has 0 aromatic carbocycles. The van der Waals surface area contributed by atoms with Gasteiger partial charge in [-0.15, -0.1) is 0 Å². The molecule has 3 heteroatoms. The highest BCUT2D eigenvalue weighted by Gasteiger charge is 2.41. The standard InChI is InChI=1S/C13H25NO2/c1-3-4-5-8-11(2)14-13(12(15)16)9-6-7-10-13/h11,14H,3-10H2,1-2H3,(H,15,16). The molecule has 0 spiro atoms. The first kappa shape index (κ1) is 13.5. The van der Waals surface area contributed by atoms with Gasteiger partial charge in [-0.1, -0.05) is 39.0 Å². The van der Waals surface area contributed by atoms with E-state index in [4.69, 9.17) is 0 Å². The first-order valence-corrected chi connectivity index (χ1v) is 6.62. The Balaban J connectivity index is 2.40. The van der Waals surface area contributed by atoms with Gasteiger partial charge in [-0.2, -0.15) is 0 Å². The van der Waals surface area contributed by atoms with E-state index in [1.807, 2.05) is 0 Å². The molecule has 1 rings (SSSR count). The predicted molar refractivity (Wildman–Crippen MR) is 65.6 cm³/mol. The van der Waals surface area contributed by atoms with Crippen LogP contribution < -0.4 is 5.32 Å². The van der Waals surface area contributed by atoms with Crippen LogP contribution in [0.4, 0.5) is 0 Å². The van der Waals surface area contributed by atoms with Crippen molar-refractivity contribution in [3.05, 3.63) is 0 Å². The average molecular weight is 227 g/mol. The summed E-state index contributed by atoms with van der Waals surface area (Å²) in [6.07, 6.45) is 8.41. The molecule has 0 saturated heterocycles. The lowest BCUT2D eigenvalue weighted by atomic mass is 9.95. The molecule has 16 heavy (non-hydrogen) atoms. The van der Waals surface area contributed by atoms with Crippen molar-refractivity contribution < 1.29 is 9.90 Å². The first-order chi connectivity index (χ1) is 7.60. The third-order valence-corrected chi connectivity index (χ3v) is 3.63. The minimum absolute atomic E-state index is 0.320. The van der Waals surface area contributed by atoms with Gasteiger partial charge in [-0.05, 0) is 26.2 Å². The zero-order valence-electron chi connectivity index (χ0n) is 10.6. The molecule has 1 unspecified atom stereocenters. The Labute approximate surface area is 98.6 Å². The highest BCUT2D eigenvalue weighted by atomic mass is 16.4. The van der Waals surface area contributed by atoms with Gasteiger partial charge in [0.05, 0.1) is 0 Å². The molecule has 1 fully saturated rings. The number of carboxylic acid groups (broad SMARTS) is 1. The smallest absolute Gasteiger partial charge is 0.323 e. The molecule has 3 nitrogen and oxygen atoms in total. The fourth-order valence-corrected chi connectivity index (χ4v) is 2.64. The van der Waals surface area contributed by atoms with Gasteiger partial charge in [0.25, 0.3) is 0 Å². The van der Waals surface area contributed by atoms with Gasteiger partial charge < -0.3 is 5.11 Å². The fraction of sp³-hybridized carbons (Fsp3) is 0.923. The Morgan fingerprint density at radius 2 is 2.00 bits per heavy atom. The highest BCUT2D eigenvalue weighted by Crippen LogP contribution is 2.30. The lowest BCUT2D eigenvalue weighted by molar-refractivity contribution is -0.145. The van der Waals surface area contributed by atoms with E-state index in [0.29, 0.717) is 6.04 Å². The number of rotatable bonds is 7. The minimum atomic E-state index is -0.660. The zero-order chi connectivity index (χ0) is 12.0. The maximum atomic E-state index is 11.3. The number of hydrogen-bond donors (Lipinski definition) is 2. The van der Waals surface area contributed by atoms with E-state index in [2.05, 4.69) is 19.2 Å². The van der Waals surface area contributed by atoms with Crippen molar-refractivity contribution >= 4 is 5.97 Å². The van der Waals surface area contributed by atoms with Crippen LogP contribution in [0.3, 0.4) is 0 Å². The molecule has 94 valence electrons. The van der Waals surface area contributed by atoms with Crippen molar-refractivity contribution in [2.75, 3.05) is 0 Å². The monoisotopic (exact) mass is 227 g/mol. The minimum Gasteiger partial charge on any atom is -0.480 e. The van der Waals surface area contributed by atoms with E-state index in [-0.39, 0.29) is 0 Å². The van der Waals surface area contributed by atoms with Crippen LogP contribution in [0.15, 0.2) is 0 Å². The Bertz CT molecular complexity index is 222. The van der Waals surface area contributed by atoms with E-state index < -0.39 is 11.5 Å². The molecule has 0 heterocycles. The number of nitrogens with one attached hydrogen (secondary N) is 1. The third kappa shape index (κ3) is 3.48. The second-order valence-electron chi connectivity index (χ2n) is 5.14. The van der Waals surface area contributed by atoms with Gasteiger partial charge >= 0.3 is 5.97 Å². The molecule has 0 radical (unpaired) electrons. The van der Waals surface area contributed by atoms with Crippen LogP contribution in [0.1, 0.15) is 65.2 Å². The molecule has 2 N–H and O–H groups in total. The van der Waals surface area contributed by atoms with Crippen LogP contribution in [-0.2, 0) is 4.79 Å². The maximum Gasteiger partial charge on any atom is 0.323 e. The fourth-order valence-electron chi connectivity index (χ4n) is 2.64. The molecule has 0 amide bonds. The van der Waals surface area contributed by atoms with E-state index >= 15 is 0 Å². The summed E-state index contributed by atoms with van der Waals surface area (Å²) in [6, 6.07) is 0.320. The SMILES string of the molecule is CCCCCC(C)NC1(C(=O)O)CCCC1. The Kier molecular flexibility index (Phi) is 5.26. The van der Waals surface area contributed by atoms with Gasteiger partial charge in [0.1, 0.15) is 5.54 Å². The summed E-state index contributed by atoms with van der Waals surface area (Å²) in [5, 5.41) is 12.7. The molecule has 0 aromatic heterocycles. The van der Waals surface area contributed by atoms with Gasteiger partial charge in [0, 0.05) is 6.04 Å². The van der Waals surface area contributed by atoms with Crippen molar-refractivity contribution in [1.29, 1.82) is 0 Å². The van der Waals surface area contributed by atoms with Crippen molar-refractivity contribution in [1.82, 2.24) is 5.32 Å². The molecule has 1 aliphatic rings. The first-order valence-electron chi connectivity index (χ1n) is 6.62. The molecular weight excluding hydrogens is 202 g/mol. The van der Waals surface area contributed by atoms with E-state index in [1.54, 1.807) is 0 Å². The number of unbranched alkanes of at least 4 members (excludes halogenated alkanes) is 2. The second kappa shape index (κ2) is 6.24. The maximum absolute atomic E-state index is 11.3. The topological polar surface area (TPSA) is 49.3 Å². The van der Waals surface area contributed by atoms with E-state index in [0.717, 1.165) is 32.1 Å². The van der Waals surface area contributed by atoms with Gasteiger partial charge in [-0.25, -0.2) is 0 Å². The predicted octanol–water partition coefficient (Wildman–Crippen LogP) is 2.94. The van der Waals surface area contributed by atoms with Crippen molar-refractivity contribution in [3.63, 3.8) is 0 Å². The summed E-state index contributed by atoms with van der Waals surface area (Å²) in [4.78, 5) is 11.3. The van der Waals surface area contributed by atoms with Crippen LogP contribution in [0.2, 0.25) is 0 Å². The van der Waals surface area contributed by atoms with Crippen LogP contribution in [0, 0.1) is 0 Å². The molecule has 0 aliphatic heterocycles. The summed E-state index contributed by atoms with van der Waals surface area (Å²) in [7, 11) is 0. The Morgan fingerprint density at radius 1 is 1.38 bits per heavy atom. The number of carboxylic acids is 1. The normalized spacial score (nSPS) is 20.9. The van der Waals surface area contributed by atoms with Crippen LogP contribution >= 0.6 is 0 Å². The van der Waals surface area contributed by atoms with Crippen LogP contribution in [0.25, 0.3) is 0 Å². The zero-order valence-corrected chi connectivity index (χ0v) is 10.6. The summed E-state index contributed by atoms with van der Waals surface area (Å²) < 4.78 is 0. The third-order valence-electron chi connectivity index (χ3n) is 3.63. The molecule has 0 aromatic rings. The van der Waals surface area contributed by atoms with Gasteiger partial charge in [-0.3, -0.25) is 10.1 Å². The van der Waals surface area contributed by atoms with Gasteiger partial charge in [0.15, 0.2) is 0 Å². The number of aliphatic carboxylic acids is 1. The molecular formula is C13H25NO2. The molecule has 1 aliphatic carbocycles. The average Bonchev–Trinajstić information content (AvgIpc) is 2.68. The van der Waals surface area contributed by atoms with Crippen molar-refractivity contribution in [2.24, 2.45) is 0 Å². The van der Waals surface area contributed by atoms with Gasteiger partial charge in [0.2, 0.25) is 0 Å². The summed E-state index contributed by atoms with van der Waals surface area (Å²) in [5.74, 6) is -0.660. The Hall–Kier alpha value is -0.570. The largest absolute Gasteiger partial charge is 0.480 e. The lowest BCUT2D eigenvalue weighted by Gasteiger charge is -2.29. The van der Waals surface area contributed by atoms with E-state index in [9.17, 15) is 9.90 Å². The van der Waals surface area contributed by atoms with Crippen molar-refractivity contribution in [2.45, 2.75) is 76.8 Å². The highest BCUT2D eigenvalue weighted by molar-refractivity contribution is 5.79. The summed E-state index contributed by atoms with van der Waals surface area (Å²) >= 11 is 0. The quantitative estimate of drug-likeness (QED) is 0.657. The van der Waals surface area contributed by atoms with Crippen molar-refractivity contribution in [3.8, 4) is 0 Å². The Morgan fingerprint density at radius 3 is 2.50 bits per heavy atom. The lowest BCUT2D eigenvalue weighted by Crippen LogP contribution is -2.53. The molecule has 1 atom stereocenters. The van der Waals surface area contributed by atoms with E-state index in [1.165, 1.54) is 19.3 Å². The summed E-state index contributed by atoms with van der Waals surface area (Å²) in [5.41, 5.74) is -0.619. The van der Waals surface area contributed by atoms with Crippen LogP contribution in [-0.4, -0.2) is 22.7 Å².